The van der Waals surface area contributed by atoms with E-state index in [2.05, 4.69) is 6.92 Å². The molecule has 0 saturated carbocycles. The van der Waals surface area contributed by atoms with E-state index in [1.807, 2.05) is 13.0 Å². The highest BCUT2D eigenvalue weighted by molar-refractivity contribution is 5.99. The second-order valence-electron chi connectivity index (χ2n) is 3.73. The molecule has 1 rings (SSSR count). The molecule has 2 nitrogen and oxygen atoms in total. The molecule has 1 aromatic carbocycles. The summed E-state index contributed by atoms with van der Waals surface area (Å²) in [5.74, 6) is 0.179. The van der Waals surface area contributed by atoms with Crippen molar-refractivity contribution in [3.8, 4) is 5.75 Å². The highest BCUT2D eigenvalue weighted by atomic mass is 16.3. The normalized spacial score (nSPS) is 10.3. The Labute approximate surface area is 90.9 Å². The third-order valence-electron chi connectivity index (χ3n) is 2.40. The van der Waals surface area contributed by atoms with E-state index in [1.165, 1.54) is 0 Å². The summed E-state index contributed by atoms with van der Waals surface area (Å²) in [5, 5.41) is 9.69. The molecule has 2 heteroatoms. The van der Waals surface area contributed by atoms with Crippen molar-refractivity contribution >= 4 is 5.78 Å². The van der Waals surface area contributed by atoms with Gasteiger partial charge < -0.3 is 5.11 Å². The van der Waals surface area contributed by atoms with Crippen molar-refractivity contribution in [2.75, 3.05) is 0 Å². The third kappa shape index (κ3) is 2.82. The molecular formula is C13H18O2. The number of phenols is 1. The zero-order valence-electron chi connectivity index (χ0n) is 9.42. The first-order valence-electron chi connectivity index (χ1n) is 5.54. The van der Waals surface area contributed by atoms with Crippen molar-refractivity contribution in [2.24, 2.45) is 0 Å². The van der Waals surface area contributed by atoms with Gasteiger partial charge in [0.15, 0.2) is 5.78 Å². The van der Waals surface area contributed by atoms with Crippen molar-refractivity contribution in [1.29, 1.82) is 0 Å². The Kier molecular flexibility index (Phi) is 4.35. The maximum absolute atomic E-state index is 11.8. The second kappa shape index (κ2) is 5.54. The molecule has 0 aliphatic rings. The summed E-state index contributed by atoms with van der Waals surface area (Å²) in [4.78, 5) is 11.8. The Bertz CT molecular complexity index is 342. The monoisotopic (exact) mass is 206 g/mol. The van der Waals surface area contributed by atoms with Gasteiger partial charge in [-0.05, 0) is 24.5 Å². The summed E-state index contributed by atoms with van der Waals surface area (Å²) in [7, 11) is 0. The van der Waals surface area contributed by atoms with Gasteiger partial charge in [-0.3, -0.25) is 4.79 Å². The molecule has 0 aliphatic carbocycles. The van der Waals surface area contributed by atoms with E-state index in [9.17, 15) is 9.90 Å². The number of carbonyl (C=O) groups excluding carboxylic acids is 1. The van der Waals surface area contributed by atoms with Crippen LogP contribution in [-0.2, 0) is 6.42 Å². The number of aromatic hydroxyl groups is 1. The molecule has 82 valence electrons. The minimum absolute atomic E-state index is 0.0547. The van der Waals surface area contributed by atoms with Gasteiger partial charge in [0.2, 0.25) is 0 Å². The van der Waals surface area contributed by atoms with Crippen molar-refractivity contribution < 1.29 is 9.90 Å². The average Bonchev–Trinajstić information content (AvgIpc) is 2.18. The van der Waals surface area contributed by atoms with Crippen molar-refractivity contribution in [3.05, 3.63) is 29.3 Å². The number of hydrogen-bond donors (Lipinski definition) is 1. The summed E-state index contributed by atoms with van der Waals surface area (Å²) in [6.45, 7) is 4.04. The average molecular weight is 206 g/mol. The number of Topliss-reactive ketones (excluding diaryl/α,β-unsaturated/α-hetero) is 1. The molecule has 0 aliphatic heterocycles. The molecule has 0 unspecified atom stereocenters. The van der Waals surface area contributed by atoms with Crippen molar-refractivity contribution in [2.45, 2.75) is 39.5 Å². The summed E-state index contributed by atoms with van der Waals surface area (Å²) < 4.78 is 0. The summed E-state index contributed by atoms with van der Waals surface area (Å²) in [5.41, 5.74) is 1.50. The standard InChI is InChI=1S/C13H18O2/c1-3-6-10-8-5-9-12(15)13(10)11(14)7-4-2/h5,8-9,15H,3-4,6-7H2,1-2H3. The van der Waals surface area contributed by atoms with Crippen molar-refractivity contribution in [3.63, 3.8) is 0 Å². The first kappa shape index (κ1) is 11.8. The highest BCUT2D eigenvalue weighted by Gasteiger charge is 2.14. The number of ketones is 1. The van der Waals surface area contributed by atoms with Gasteiger partial charge in [-0.2, -0.15) is 0 Å². The summed E-state index contributed by atoms with van der Waals surface area (Å²) in [6.07, 6.45) is 3.15. The number of aryl methyl sites for hydroxylation is 1. The highest BCUT2D eigenvalue weighted by Crippen LogP contribution is 2.24. The van der Waals surface area contributed by atoms with Gasteiger partial charge in [0.1, 0.15) is 5.75 Å². The van der Waals surface area contributed by atoms with E-state index >= 15 is 0 Å². The molecule has 0 bridgehead atoms. The Balaban J connectivity index is 3.06. The number of rotatable bonds is 5. The predicted molar refractivity (Wildman–Crippen MR) is 61.3 cm³/mol. The number of benzene rings is 1. The summed E-state index contributed by atoms with van der Waals surface area (Å²) in [6, 6.07) is 5.30. The Morgan fingerprint density at radius 2 is 2.00 bits per heavy atom. The Morgan fingerprint density at radius 1 is 1.27 bits per heavy atom. The first-order chi connectivity index (χ1) is 7.20. The largest absolute Gasteiger partial charge is 0.507 e. The molecule has 0 radical (unpaired) electrons. The van der Waals surface area contributed by atoms with Crippen LogP contribution in [0.3, 0.4) is 0 Å². The molecule has 1 N–H and O–H groups in total. The number of carbonyl (C=O) groups is 1. The maximum Gasteiger partial charge on any atom is 0.166 e. The lowest BCUT2D eigenvalue weighted by molar-refractivity contribution is 0.0978. The first-order valence-corrected chi connectivity index (χ1v) is 5.54. The van der Waals surface area contributed by atoms with Crippen LogP contribution in [0.2, 0.25) is 0 Å². The molecular weight excluding hydrogens is 188 g/mol. The molecule has 0 fully saturated rings. The van der Waals surface area contributed by atoms with E-state index in [1.54, 1.807) is 12.1 Å². The lowest BCUT2D eigenvalue weighted by Gasteiger charge is -2.09. The zero-order valence-corrected chi connectivity index (χ0v) is 9.42. The predicted octanol–water partition coefficient (Wildman–Crippen LogP) is 3.33. The fourth-order valence-electron chi connectivity index (χ4n) is 1.74. The van der Waals surface area contributed by atoms with E-state index in [-0.39, 0.29) is 11.5 Å². The van der Waals surface area contributed by atoms with Gasteiger partial charge in [-0.15, -0.1) is 0 Å². The minimum Gasteiger partial charge on any atom is -0.507 e. The van der Waals surface area contributed by atoms with Crippen LogP contribution in [0.5, 0.6) is 5.75 Å². The molecule has 0 spiro atoms. The van der Waals surface area contributed by atoms with Crippen LogP contribution in [0.4, 0.5) is 0 Å². The van der Waals surface area contributed by atoms with Gasteiger partial charge in [0, 0.05) is 6.42 Å². The van der Waals surface area contributed by atoms with Crippen LogP contribution in [0.25, 0.3) is 0 Å². The van der Waals surface area contributed by atoms with E-state index in [0.717, 1.165) is 24.8 Å². The van der Waals surface area contributed by atoms with E-state index in [4.69, 9.17) is 0 Å². The van der Waals surface area contributed by atoms with Crippen LogP contribution in [0.1, 0.15) is 49.0 Å². The topological polar surface area (TPSA) is 37.3 Å². The zero-order chi connectivity index (χ0) is 11.3. The lowest BCUT2D eigenvalue weighted by Crippen LogP contribution is -2.03. The molecule has 15 heavy (non-hydrogen) atoms. The van der Waals surface area contributed by atoms with Crippen LogP contribution < -0.4 is 0 Å². The van der Waals surface area contributed by atoms with Gasteiger partial charge in [0.25, 0.3) is 0 Å². The summed E-state index contributed by atoms with van der Waals surface area (Å²) >= 11 is 0. The fraction of sp³-hybridized carbons (Fsp3) is 0.462. The van der Waals surface area contributed by atoms with Crippen LogP contribution >= 0.6 is 0 Å². The molecule has 0 saturated heterocycles. The molecule has 0 amide bonds. The third-order valence-corrected chi connectivity index (χ3v) is 2.40. The maximum atomic E-state index is 11.8. The van der Waals surface area contributed by atoms with Crippen LogP contribution in [0.15, 0.2) is 18.2 Å². The van der Waals surface area contributed by atoms with Crippen LogP contribution in [0, 0.1) is 0 Å². The Morgan fingerprint density at radius 3 is 2.60 bits per heavy atom. The van der Waals surface area contributed by atoms with Gasteiger partial charge in [0.05, 0.1) is 5.56 Å². The number of hydrogen-bond acceptors (Lipinski definition) is 2. The fourth-order valence-corrected chi connectivity index (χ4v) is 1.74. The smallest absolute Gasteiger partial charge is 0.166 e. The van der Waals surface area contributed by atoms with Gasteiger partial charge in [-0.1, -0.05) is 32.4 Å². The van der Waals surface area contributed by atoms with E-state index < -0.39 is 0 Å². The molecule has 1 aromatic rings. The number of phenolic OH excluding ortho intramolecular Hbond substituents is 1. The van der Waals surface area contributed by atoms with Crippen LogP contribution in [-0.4, -0.2) is 10.9 Å². The SMILES string of the molecule is CCCC(=O)c1c(O)cccc1CCC. The van der Waals surface area contributed by atoms with E-state index in [0.29, 0.717) is 12.0 Å². The molecule has 0 heterocycles. The lowest BCUT2D eigenvalue weighted by atomic mass is 9.97. The quantitative estimate of drug-likeness (QED) is 0.750. The molecule has 0 aromatic heterocycles. The van der Waals surface area contributed by atoms with Crippen molar-refractivity contribution in [1.82, 2.24) is 0 Å². The van der Waals surface area contributed by atoms with Gasteiger partial charge >= 0.3 is 0 Å². The minimum atomic E-state index is 0.0547. The second-order valence-corrected chi connectivity index (χ2v) is 3.73. The molecule has 0 atom stereocenters. The Hall–Kier alpha value is -1.31. The van der Waals surface area contributed by atoms with Gasteiger partial charge in [-0.25, -0.2) is 0 Å².